The zero-order valence-electron chi connectivity index (χ0n) is 13.9. The van der Waals surface area contributed by atoms with Gasteiger partial charge in [-0.1, -0.05) is 18.1 Å². The van der Waals surface area contributed by atoms with Gasteiger partial charge in [-0.3, -0.25) is 4.79 Å². The average Bonchev–Trinajstić information content (AvgIpc) is 3.16. The number of amides is 1. The highest BCUT2D eigenvalue weighted by molar-refractivity contribution is 5.75. The minimum absolute atomic E-state index is 0.109. The van der Waals surface area contributed by atoms with Crippen molar-refractivity contribution in [3.05, 3.63) is 47.6 Å². The van der Waals surface area contributed by atoms with Gasteiger partial charge in [0.05, 0.1) is 6.04 Å². The molecule has 1 atom stereocenters. The Hall–Kier alpha value is -2.35. The van der Waals surface area contributed by atoms with E-state index >= 15 is 0 Å². The van der Waals surface area contributed by atoms with Gasteiger partial charge < -0.3 is 14.7 Å². The Labute approximate surface area is 144 Å². The molecule has 3 rings (SSSR count). The highest BCUT2D eigenvalue weighted by Crippen LogP contribution is 2.24. The lowest BCUT2D eigenvalue weighted by atomic mass is 10.00. The summed E-state index contributed by atoms with van der Waals surface area (Å²) < 4.78 is 31.7. The molecular formula is C17H20F2N4O2. The number of carbonyl (C=O) groups excluding carboxylic acids is 1. The number of carbonyl (C=O) groups is 1. The summed E-state index contributed by atoms with van der Waals surface area (Å²) >= 11 is 0. The van der Waals surface area contributed by atoms with E-state index in [2.05, 4.69) is 15.5 Å². The summed E-state index contributed by atoms with van der Waals surface area (Å²) in [6, 6.07) is 3.33. The molecule has 1 aromatic carbocycles. The fourth-order valence-electron chi connectivity index (χ4n) is 3.07. The highest BCUT2D eigenvalue weighted by Gasteiger charge is 2.27. The van der Waals surface area contributed by atoms with E-state index in [1.807, 2.05) is 11.8 Å². The number of hydrogen-bond acceptors (Lipinski definition) is 5. The molecule has 1 saturated heterocycles. The van der Waals surface area contributed by atoms with Crippen LogP contribution in [0.5, 0.6) is 0 Å². The van der Waals surface area contributed by atoms with Gasteiger partial charge in [0, 0.05) is 25.6 Å². The molecule has 1 N–H and O–H groups in total. The van der Waals surface area contributed by atoms with Crippen LogP contribution in [-0.4, -0.2) is 40.1 Å². The largest absolute Gasteiger partial charge is 0.343 e. The molecule has 2 aromatic rings. The van der Waals surface area contributed by atoms with Gasteiger partial charge in [-0.05, 0) is 30.5 Å². The number of hydrogen-bond donors (Lipinski definition) is 1. The molecular weight excluding hydrogens is 330 g/mol. The van der Waals surface area contributed by atoms with Crippen LogP contribution in [0.15, 0.2) is 29.1 Å². The molecule has 0 unspecified atom stereocenters. The van der Waals surface area contributed by atoms with Crippen molar-refractivity contribution in [3.63, 3.8) is 0 Å². The third-order valence-electron chi connectivity index (χ3n) is 4.47. The minimum atomic E-state index is -0.920. The molecule has 6 nitrogen and oxygen atoms in total. The smallest absolute Gasteiger partial charge is 0.222 e. The average molecular weight is 350 g/mol. The minimum Gasteiger partial charge on any atom is -0.343 e. The van der Waals surface area contributed by atoms with E-state index in [1.165, 1.54) is 12.5 Å². The molecule has 1 aliphatic heterocycles. The summed E-state index contributed by atoms with van der Waals surface area (Å²) in [5.41, 5.74) is 0.521. The maximum atomic E-state index is 13.6. The Morgan fingerprint density at radius 2 is 2.12 bits per heavy atom. The van der Waals surface area contributed by atoms with Crippen molar-refractivity contribution in [2.24, 2.45) is 0 Å². The number of benzene rings is 1. The molecule has 1 aliphatic rings. The maximum absolute atomic E-state index is 13.6. The standard InChI is InChI=1S/C17H20F2N4O2/c1-2-15(24)23-7-5-12(6-8-23)21-16(17-20-10-25-22-17)11-3-4-13(18)14(19)9-11/h3-4,9-10,12,16,21H,2,5-8H2,1H3/t16-/m1/s1. The van der Waals surface area contributed by atoms with E-state index < -0.39 is 17.7 Å². The first-order chi connectivity index (χ1) is 12.1. The molecule has 1 aromatic heterocycles. The summed E-state index contributed by atoms with van der Waals surface area (Å²) in [7, 11) is 0. The lowest BCUT2D eigenvalue weighted by molar-refractivity contribution is -0.131. The van der Waals surface area contributed by atoms with Crippen molar-refractivity contribution in [1.29, 1.82) is 0 Å². The van der Waals surface area contributed by atoms with Gasteiger partial charge in [-0.2, -0.15) is 4.98 Å². The van der Waals surface area contributed by atoms with E-state index in [0.29, 0.717) is 30.9 Å². The third-order valence-corrected chi connectivity index (χ3v) is 4.47. The highest BCUT2D eigenvalue weighted by atomic mass is 19.2. The van der Waals surface area contributed by atoms with Crippen molar-refractivity contribution in [1.82, 2.24) is 20.4 Å². The SMILES string of the molecule is CCC(=O)N1CCC(N[C@H](c2ccc(F)c(F)c2)c2ncon2)CC1. The second kappa shape index (κ2) is 7.69. The van der Waals surface area contributed by atoms with Gasteiger partial charge in [-0.15, -0.1) is 0 Å². The summed E-state index contributed by atoms with van der Waals surface area (Å²) in [6.07, 6.45) is 3.23. The quantitative estimate of drug-likeness (QED) is 0.897. The molecule has 1 fully saturated rings. The van der Waals surface area contributed by atoms with Crippen LogP contribution >= 0.6 is 0 Å². The number of nitrogens with one attached hydrogen (secondary N) is 1. The van der Waals surface area contributed by atoms with Crippen LogP contribution in [0, 0.1) is 11.6 Å². The van der Waals surface area contributed by atoms with E-state index in [1.54, 1.807) is 0 Å². The molecule has 0 spiro atoms. The Kier molecular flexibility index (Phi) is 5.37. The van der Waals surface area contributed by atoms with Crippen LogP contribution in [0.1, 0.15) is 43.6 Å². The number of halogens is 2. The Balaban J connectivity index is 1.73. The van der Waals surface area contributed by atoms with Crippen molar-refractivity contribution < 1.29 is 18.1 Å². The van der Waals surface area contributed by atoms with Crippen LogP contribution < -0.4 is 5.32 Å². The summed E-state index contributed by atoms with van der Waals surface area (Å²) in [5, 5.41) is 7.22. The van der Waals surface area contributed by atoms with Gasteiger partial charge >= 0.3 is 0 Å². The van der Waals surface area contributed by atoms with Crippen molar-refractivity contribution in [2.45, 2.75) is 38.3 Å². The number of piperidine rings is 1. The molecule has 0 bridgehead atoms. The summed E-state index contributed by atoms with van der Waals surface area (Å²) in [4.78, 5) is 17.7. The molecule has 25 heavy (non-hydrogen) atoms. The Morgan fingerprint density at radius 3 is 2.72 bits per heavy atom. The molecule has 2 heterocycles. The molecule has 0 saturated carbocycles. The van der Waals surface area contributed by atoms with Crippen molar-refractivity contribution >= 4 is 5.91 Å². The van der Waals surface area contributed by atoms with Gasteiger partial charge in [0.1, 0.15) is 0 Å². The second-order valence-corrected chi connectivity index (χ2v) is 6.07. The molecule has 134 valence electrons. The van der Waals surface area contributed by atoms with Crippen molar-refractivity contribution in [3.8, 4) is 0 Å². The van der Waals surface area contributed by atoms with Crippen LogP contribution in [-0.2, 0) is 4.79 Å². The Morgan fingerprint density at radius 1 is 1.36 bits per heavy atom. The lowest BCUT2D eigenvalue weighted by Crippen LogP contribution is -2.46. The van der Waals surface area contributed by atoms with Gasteiger partial charge in [0.25, 0.3) is 0 Å². The summed E-state index contributed by atoms with van der Waals surface area (Å²) in [5.74, 6) is -1.31. The van der Waals surface area contributed by atoms with E-state index in [-0.39, 0.29) is 11.9 Å². The number of likely N-dealkylation sites (tertiary alicyclic amines) is 1. The predicted octanol–water partition coefficient (Wildman–Crippen LogP) is 2.43. The molecule has 1 amide bonds. The topological polar surface area (TPSA) is 71.3 Å². The lowest BCUT2D eigenvalue weighted by Gasteiger charge is -2.34. The van der Waals surface area contributed by atoms with E-state index in [0.717, 1.165) is 25.0 Å². The molecule has 0 radical (unpaired) electrons. The van der Waals surface area contributed by atoms with Crippen LogP contribution in [0.2, 0.25) is 0 Å². The fourth-order valence-corrected chi connectivity index (χ4v) is 3.07. The first-order valence-electron chi connectivity index (χ1n) is 8.33. The van der Waals surface area contributed by atoms with Crippen molar-refractivity contribution in [2.75, 3.05) is 13.1 Å². The summed E-state index contributed by atoms with van der Waals surface area (Å²) in [6.45, 7) is 3.18. The fraction of sp³-hybridized carbons (Fsp3) is 0.471. The van der Waals surface area contributed by atoms with E-state index in [9.17, 15) is 13.6 Å². The van der Waals surface area contributed by atoms with Crippen LogP contribution in [0.3, 0.4) is 0 Å². The third kappa shape index (κ3) is 4.01. The van der Waals surface area contributed by atoms with Gasteiger partial charge in [0.15, 0.2) is 17.5 Å². The van der Waals surface area contributed by atoms with E-state index in [4.69, 9.17) is 4.52 Å². The Bertz CT molecular complexity index is 715. The van der Waals surface area contributed by atoms with Gasteiger partial charge in [-0.25, -0.2) is 8.78 Å². The normalized spacial score (nSPS) is 16.8. The van der Waals surface area contributed by atoms with Crippen LogP contribution in [0.25, 0.3) is 0 Å². The van der Waals surface area contributed by atoms with Gasteiger partial charge in [0.2, 0.25) is 12.3 Å². The maximum Gasteiger partial charge on any atom is 0.222 e. The number of nitrogens with zero attached hydrogens (tertiary/aromatic N) is 3. The monoisotopic (exact) mass is 350 g/mol. The second-order valence-electron chi connectivity index (χ2n) is 6.07. The number of aromatic nitrogens is 2. The predicted molar refractivity (Wildman–Crippen MR) is 85.5 cm³/mol. The molecule has 8 heteroatoms. The number of rotatable bonds is 5. The first kappa shape index (κ1) is 17.5. The zero-order valence-corrected chi connectivity index (χ0v) is 13.9. The van der Waals surface area contributed by atoms with Crippen LogP contribution in [0.4, 0.5) is 8.78 Å². The zero-order chi connectivity index (χ0) is 17.8. The first-order valence-corrected chi connectivity index (χ1v) is 8.33. The molecule has 0 aliphatic carbocycles.